The highest BCUT2D eigenvalue weighted by Crippen LogP contribution is 1.83. The van der Waals surface area contributed by atoms with Gasteiger partial charge in [0.25, 0.3) is 0 Å². The Balaban J connectivity index is 3.99. The Labute approximate surface area is 54.5 Å². The molecule has 0 aliphatic rings. The summed E-state index contributed by atoms with van der Waals surface area (Å²) in [5, 5.41) is 17.8. The molecule has 3 nitrogen and oxygen atoms in total. The molecular formula is C6H9N3. The molecule has 0 atom stereocenters. The molecule has 2 N–H and O–H groups in total. The molecule has 0 fully saturated rings. The second-order valence-corrected chi connectivity index (χ2v) is 1.60. The Bertz CT molecular complexity index is 173. The third-order valence-electron chi connectivity index (χ3n) is 0.876. The SMILES string of the molecule is CN/C(C)=C\C(=N)C#N. The molecule has 0 aliphatic carbocycles. The number of nitrogens with zero attached hydrogens (tertiary/aromatic N) is 1. The van der Waals surface area contributed by atoms with E-state index in [0.29, 0.717) is 0 Å². The van der Waals surface area contributed by atoms with Crippen molar-refractivity contribution in [3.63, 3.8) is 0 Å². The molecule has 0 heterocycles. The maximum absolute atomic E-state index is 8.13. The van der Waals surface area contributed by atoms with E-state index < -0.39 is 0 Å². The fraction of sp³-hybridized carbons (Fsp3) is 0.333. The van der Waals surface area contributed by atoms with E-state index in [1.165, 1.54) is 6.08 Å². The van der Waals surface area contributed by atoms with Gasteiger partial charge in [-0.05, 0) is 13.0 Å². The quantitative estimate of drug-likeness (QED) is 0.530. The van der Waals surface area contributed by atoms with Gasteiger partial charge >= 0.3 is 0 Å². The lowest BCUT2D eigenvalue weighted by Gasteiger charge is -1.93. The molecule has 0 saturated heterocycles. The number of allylic oxidation sites excluding steroid dienone is 2. The summed E-state index contributed by atoms with van der Waals surface area (Å²) in [4.78, 5) is 0. The van der Waals surface area contributed by atoms with Gasteiger partial charge in [-0.15, -0.1) is 0 Å². The molecule has 0 aromatic carbocycles. The molecule has 9 heavy (non-hydrogen) atoms. The van der Waals surface area contributed by atoms with Crippen molar-refractivity contribution in [2.75, 3.05) is 7.05 Å². The van der Waals surface area contributed by atoms with Crippen molar-refractivity contribution in [3.05, 3.63) is 11.8 Å². The molecule has 0 aliphatic heterocycles. The Morgan fingerprint density at radius 3 is 2.67 bits per heavy atom. The normalized spacial score (nSPS) is 10.1. The van der Waals surface area contributed by atoms with Crippen molar-refractivity contribution in [2.45, 2.75) is 6.92 Å². The average Bonchev–Trinajstić information content (AvgIpc) is 1.87. The molecule has 3 heteroatoms. The van der Waals surface area contributed by atoms with Crippen molar-refractivity contribution in [2.24, 2.45) is 0 Å². The summed E-state index contributed by atoms with van der Waals surface area (Å²) in [6.07, 6.45) is 1.47. The topological polar surface area (TPSA) is 59.7 Å². The van der Waals surface area contributed by atoms with Gasteiger partial charge in [0, 0.05) is 12.7 Å². The minimum Gasteiger partial charge on any atom is -0.392 e. The Kier molecular flexibility index (Phi) is 3.14. The van der Waals surface area contributed by atoms with E-state index in [9.17, 15) is 0 Å². The van der Waals surface area contributed by atoms with Crippen molar-refractivity contribution in [1.82, 2.24) is 5.32 Å². The van der Waals surface area contributed by atoms with Gasteiger partial charge in [0.15, 0.2) is 0 Å². The van der Waals surface area contributed by atoms with Crippen LogP contribution in [0.5, 0.6) is 0 Å². The van der Waals surface area contributed by atoms with Crippen LogP contribution >= 0.6 is 0 Å². The zero-order valence-electron chi connectivity index (χ0n) is 5.52. The number of rotatable bonds is 2. The first-order chi connectivity index (χ1) is 4.20. The van der Waals surface area contributed by atoms with Gasteiger partial charge in [0.1, 0.15) is 11.8 Å². The van der Waals surface area contributed by atoms with Crippen LogP contribution in [0.2, 0.25) is 0 Å². The van der Waals surface area contributed by atoms with E-state index in [1.807, 2.05) is 0 Å². The van der Waals surface area contributed by atoms with E-state index in [2.05, 4.69) is 5.32 Å². The Morgan fingerprint density at radius 2 is 2.33 bits per heavy atom. The smallest absolute Gasteiger partial charge is 0.133 e. The first-order valence-electron chi connectivity index (χ1n) is 2.55. The van der Waals surface area contributed by atoms with Crippen molar-refractivity contribution in [1.29, 1.82) is 10.7 Å². The summed E-state index contributed by atoms with van der Waals surface area (Å²) in [5.41, 5.74) is 0.795. The van der Waals surface area contributed by atoms with Gasteiger partial charge in [-0.25, -0.2) is 0 Å². The summed E-state index contributed by atoms with van der Waals surface area (Å²) < 4.78 is 0. The molecule has 0 amide bonds. The number of hydrogen-bond donors (Lipinski definition) is 2. The highest BCUT2D eigenvalue weighted by molar-refractivity contribution is 6.05. The lowest BCUT2D eigenvalue weighted by Crippen LogP contribution is -2.03. The predicted octanol–water partition coefficient (Wildman–Crippen LogP) is 0.653. The van der Waals surface area contributed by atoms with Crippen molar-refractivity contribution in [3.8, 4) is 6.07 Å². The first-order valence-corrected chi connectivity index (χ1v) is 2.55. The van der Waals surface area contributed by atoms with Crippen LogP contribution in [0.15, 0.2) is 11.8 Å². The third kappa shape index (κ3) is 3.30. The molecule has 0 aromatic heterocycles. The molecule has 0 unspecified atom stereocenters. The zero-order chi connectivity index (χ0) is 7.28. The van der Waals surface area contributed by atoms with Crippen LogP contribution in [0.25, 0.3) is 0 Å². The van der Waals surface area contributed by atoms with Gasteiger partial charge in [0.2, 0.25) is 0 Å². The van der Waals surface area contributed by atoms with Crippen LogP contribution in [0, 0.1) is 16.7 Å². The van der Waals surface area contributed by atoms with Gasteiger partial charge < -0.3 is 5.32 Å². The van der Waals surface area contributed by atoms with E-state index in [0.717, 1.165) is 5.70 Å². The average molecular weight is 123 g/mol. The molecular weight excluding hydrogens is 114 g/mol. The fourth-order valence-corrected chi connectivity index (χ4v) is 0.321. The van der Waals surface area contributed by atoms with Gasteiger partial charge in [0.05, 0.1) is 0 Å². The zero-order valence-corrected chi connectivity index (χ0v) is 5.52. The van der Waals surface area contributed by atoms with E-state index in [1.54, 1.807) is 20.0 Å². The molecule has 0 spiro atoms. The maximum Gasteiger partial charge on any atom is 0.133 e. The van der Waals surface area contributed by atoms with Crippen molar-refractivity contribution >= 4 is 5.71 Å². The van der Waals surface area contributed by atoms with Crippen LogP contribution in [0.3, 0.4) is 0 Å². The molecule has 48 valence electrons. The summed E-state index contributed by atoms with van der Waals surface area (Å²) in [5.74, 6) is 0. The van der Waals surface area contributed by atoms with E-state index >= 15 is 0 Å². The van der Waals surface area contributed by atoms with Crippen LogP contribution in [0.1, 0.15) is 6.92 Å². The molecule has 0 bridgehead atoms. The van der Waals surface area contributed by atoms with Crippen LogP contribution in [-0.2, 0) is 0 Å². The molecule has 0 aromatic rings. The Morgan fingerprint density at radius 1 is 1.78 bits per heavy atom. The third-order valence-corrected chi connectivity index (χ3v) is 0.876. The number of hydrogen-bond acceptors (Lipinski definition) is 3. The van der Waals surface area contributed by atoms with E-state index in [4.69, 9.17) is 10.7 Å². The highest BCUT2D eigenvalue weighted by atomic mass is 14.8. The summed E-state index contributed by atoms with van der Waals surface area (Å²) in [7, 11) is 1.75. The van der Waals surface area contributed by atoms with Gasteiger partial charge in [-0.1, -0.05) is 0 Å². The summed E-state index contributed by atoms with van der Waals surface area (Å²) in [6.45, 7) is 1.80. The second-order valence-electron chi connectivity index (χ2n) is 1.60. The van der Waals surface area contributed by atoms with Gasteiger partial charge in [-0.3, -0.25) is 5.41 Å². The minimum atomic E-state index is -0.0261. The highest BCUT2D eigenvalue weighted by Gasteiger charge is 1.86. The van der Waals surface area contributed by atoms with Crippen molar-refractivity contribution < 1.29 is 0 Å². The summed E-state index contributed by atoms with van der Waals surface area (Å²) >= 11 is 0. The Hall–Kier alpha value is -1.30. The standard InChI is InChI=1S/C6H9N3/c1-5(9-2)3-6(8)4-7/h3,8-9H,1-2H3/b5-3-,8-6?. The largest absolute Gasteiger partial charge is 0.392 e. The summed E-state index contributed by atoms with van der Waals surface area (Å²) in [6, 6.07) is 1.70. The monoisotopic (exact) mass is 123 g/mol. The molecule has 0 radical (unpaired) electrons. The molecule has 0 rings (SSSR count). The maximum atomic E-state index is 8.13. The number of nitriles is 1. The lowest BCUT2D eigenvalue weighted by molar-refractivity contribution is 0.993. The second kappa shape index (κ2) is 3.67. The minimum absolute atomic E-state index is 0.0261. The predicted molar refractivity (Wildman–Crippen MR) is 36.2 cm³/mol. The number of nitrogens with one attached hydrogen (secondary N) is 2. The molecule has 0 saturated carbocycles. The van der Waals surface area contributed by atoms with Crippen LogP contribution < -0.4 is 5.32 Å². The van der Waals surface area contributed by atoms with Crippen LogP contribution in [0.4, 0.5) is 0 Å². The van der Waals surface area contributed by atoms with Gasteiger partial charge in [-0.2, -0.15) is 5.26 Å². The first kappa shape index (κ1) is 7.70. The fourth-order valence-electron chi connectivity index (χ4n) is 0.321. The van der Waals surface area contributed by atoms with E-state index in [-0.39, 0.29) is 5.71 Å². The lowest BCUT2D eigenvalue weighted by atomic mass is 10.3. The van der Waals surface area contributed by atoms with Crippen LogP contribution in [-0.4, -0.2) is 12.8 Å².